The molecule has 0 aromatic heterocycles. The Morgan fingerprint density at radius 3 is 1.11 bits per heavy atom. The van der Waals surface area contributed by atoms with Crippen molar-refractivity contribution in [2.75, 3.05) is 0 Å². The minimum absolute atomic E-state index is 0.750. The standard InChI is InChI=1S/C6H10.BH3O2/c1-2-6-4-3-5(1)6;2-1-3/h5-6H,1-4H2;1-3H. The Kier molecular flexibility index (Phi) is 2.55. The highest BCUT2D eigenvalue weighted by molar-refractivity contribution is 6.13. The molecule has 0 radical (unpaired) electrons. The molecule has 0 amide bonds. The lowest BCUT2D eigenvalue weighted by Gasteiger charge is -2.46. The molecule has 2 rings (SSSR count). The van der Waals surface area contributed by atoms with Crippen LogP contribution in [0.2, 0.25) is 0 Å². The minimum atomic E-state index is -0.750. The molecule has 0 aromatic rings. The van der Waals surface area contributed by atoms with Crippen molar-refractivity contribution < 1.29 is 10.0 Å². The summed E-state index contributed by atoms with van der Waals surface area (Å²) in [5.41, 5.74) is 0. The van der Waals surface area contributed by atoms with Crippen molar-refractivity contribution in [3.63, 3.8) is 0 Å². The van der Waals surface area contributed by atoms with Crippen LogP contribution in [0.1, 0.15) is 25.7 Å². The molecule has 0 aliphatic heterocycles. The Bertz CT molecular complexity index is 69.1. The molecular formula is C6H13BO2. The van der Waals surface area contributed by atoms with Gasteiger partial charge in [0.15, 0.2) is 0 Å². The molecule has 2 saturated carbocycles. The first-order chi connectivity index (χ1) is 4.38. The van der Waals surface area contributed by atoms with Crippen molar-refractivity contribution in [3.8, 4) is 0 Å². The van der Waals surface area contributed by atoms with Crippen LogP contribution in [0.15, 0.2) is 0 Å². The van der Waals surface area contributed by atoms with Crippen LogP contribution in [-0.2, 0) is 0 Å². The van der Waals surface area contributed by atoms with Gasteiger partial charge in [-0.25, -0.2) is 0 Å². The number of hydrogen-bond donors (Lipinski definition) is 2. The van der Waals surface area contributed by atoms with Gasteiger partial charge in [-0.2, -0.15) is 0 Å². The maximum atomic E-state index is 7.12. The van der Waals surface area contributed by atoms with Gasteiger partial charge in [0.2, 0.25) is 0 Å². The Labute approximate surface area is 56.2 Å². The van der Waals surface area contributed by atoms with Crippen LogP contribution in [0.5, 0.6) is 0 Å². The highest BCUT2D eigenvalue weighted by atomic mass is 16.4. The SMILES string of the molecule is C1CC2CCC12.OBO. The van der Waals surface area contributed by atoms with E-state index in [4.69, 9.17) is 10.0 Å². The quantitative estimate of drug-likeness (QED) is 0.452. The van der Waals surface area contributed by atoms with Gasteiger partial charge in [0.25, 0.3) is 0 Å². The van der Waals surface area contributed by atoms with Crippen molar-refractivity contribution >= 4 is 7.69 Å². The topological polar surface area (TPSA) is 40.5 Å². The minimum Gasteiger partial charge on any atom is -0.430 e. The molecule has 0 bridgehead atoms. The molecule has 0 unspecified atom stereocenters. The van der Waals surface area contributed by atoms with Crippen molar-refractivity contribution in [1.82, 2.24) is 0 Å². The largest absolute Gasteiger partial charge is 0.432 e. The van der Waals surface area contributed by atoms with E-state index in [2.05, 4.69) is 0 Å². The third-order valence-corrected chi connectivity index (χ3v) is 2.48. The molecule has 0 atom stereocenters. The van der Waals surface area contributed by atoms with Crippen LogP contribution in [0.25, 0.3) is 0 Å². The molecule has 2 aliphatic rings. The summed E-state index contributed by atoms with van der Waals surface area (Å²) in [5, 5.41) is 14.2. The second kappa shape index (κ2) is 3.23. The highest BCUT2D eigenvalue weighted by Gasteiger charge is 2.37. The zero-order valence-electron chi connectivity index (χ0n) is 5.58. The van der Waals surface area contributed by atoms with Crippen molar-refractivity contribution in [3.05, 3.63) is 0 Å². The van der Waals surface area contributed by atoms with Crippen LogP contribution >= 0.6 is 0 Å². The fourth-order valence-corrected chi connectivity index (χ4v) is 1.56. The predicted molar refractivity (Wildman–Crippen MR) is 37.0 cm³/mol. The zero-order chi connectivity index (χ0) is 6.69. The first-order valence-electron chi connectivity index (χ1n) is 3.60. The van der Waals surface area contributed by atoms with Crippen LogP contribution in [0.4, 0.5) is 0 Å². The van der Waals surface area contributed by atoms with Crippen LogP contribution in [0, 0.1) is 11.8 Å². The number of fused-ring (bicyclic) bond motifs is 1. The Hall–Kier alpha value is -0.0151. The lowest BCUT2D eigenvalue weighted by atomic mass is 9.60. The van der Waals surface area contributed by atoms with Gasteiger partial charge in [0.05, 0.1) is 0 Å². The van der Waals surface area contributed by atoms with Crippen molar-refractivity contribution in [1.29, 1.82) is 0 Å². The summed E-state index contributed by atoms with van der Waals surface area (Å²) < 4.78 is 0. The van der Waals surface area contributed by atoms with Gasteiger partial charge in [0.1, 0.15) is 0 Å². The summed E-state index contributed by atoms with van der Waals surface area (Å²) in [6.45, 7) is 0. The molecule has 0 aromatic carbocycles. The molecular weight excluding hydrogens is 115 g/mol. The lowest BCUT2D eigenvalue weighted by molar-refractivity contribution is 0.0548. The summed E-state index contributed by atoms with van der Waals surface area (Å²) in [6.07, 6.45) is 6.24. The number of rotatable bonds is 0. The monoisotopic (exact) mass is 128 g/mol. The molecule has 2 fully saturated rings. The maximum absolute atomic E-state index is 7.12. The molecule has 2 nitrogen and oxygen atoms in total. The van der Waals surface area contributed by atoms with E-state index in [1.54, 1.807) is 25.7 Å². The predicted octanol–water partition coefficient (Wildman–Crippen LogP) is 0.0439. The fourth-order valence-electron chi connectivity index (χ4n) is 1.56. The normalized spacial score (nSPS) is 36.2. The van der Waals surface area contributed by atoms with E-state index < -0.39 is 7.69 Å². The molecule has 2 N–H and O–H groups in total. The average molecular weight is 128 g/mol. The highest BCUT2D eigenvalue weighted by Crippen LogP contribution is 2.49. The smallest absolute Gasteiger partial charge is 0.430 e. The molecule has 0 saturated heterocycles. The molecule has 0 spiro atoms. The second-order valence-corrected chi connectivity index (χ2v) is 2.82. The van der Waals surface area contributed by atoms with Gasteiger partial charge in [-0.3, -0.25) is 0 Å². The summed E-state index contributed by atoms with van der Waals surface area (Å²) in [5.74, 6) is 2.43. The van der Waals surface area contributed by atoms with E-state index >= 15 is 0 Å². The first-order valence-corrected chi connectivity index (χ1v) is 3.60. The van der Waals surface area contributed by atoms with Crippen LogP contribution < -0.4 is 0 Å². The van der Waals surface area contributed by atoms with Crippen molar-refractivity contribution in [2.45, 2.75) is 25.7 Å². The van der Waals surface area contributed by atoms with E-state index in [1.807, 2.05) is 0 Å². The first kappa shape index (κ1) is 7.10. The molecule has 2 aliphatic carbocycles. The second-order valence-electron chi connectivity index (χ2n) is 2.82. The van der Waals surface area contributed by atoms with Gasteiger partial charge >= 0.3 is 7.69 Å². The van der Waals surface area contributed by atoms with Gasteiger partial charge < -0.3 is 10.0 Å². The average Bonchev–Trinajstić information content (AvgIpc) is 1.81. The molecule has 9 heavy (non-hydrogen) atoms. The Morgan fingerprint density at radius 1 is 0.889 bits per heavy atom. The summed E-state index contributed by atoms with van der Waals surface area (Å²) in [4.78, 5) is 0. The van der Waals surface area contributed by atoms with Gasteiger partial charge in [-0.1, -0.05) is 0 Å². The Balaban J connectivity index is 0.000000120. The van der Waals surface area contributed by atoms with Crippen molar-refractivity contribution in [2.24, 2.45) is 11.8 Å². The summed E-state index contributed by atoms with van der Waals surface area (Å²) in [6, 6.07) is 0. The number of hydrogen-bond acceptors (Lipinski definition) is 2. The van der Waals surface area contributed by atoms with Gasteiger partial charge in [0, 0.05) is 0 Å². The zero-order valence-corrected chi connectivity index (χ0v) is 5.58. The molecule has 0 heterocycles. The third kappa shape index (κ3) is 1.46. The molecule has 52 valence electrons. The Morgan fingerprint density at radius 2 is 1.11 bits per heavy atom. The van der Waals surface area contributed by atoms with E-state index in [9.17, 15) is 0 Å². The van der Waals surface area contributed by atoms with E-state index in [1.165, 1.54) is 11.8 Å². The van der Waals surface area contributed by atoms with Gasteiger partial charge in [-0.15, -0.1) is 0 Å². The van der Waals surface area contributed by atoms with E-state index in [0.29, 0.717) is 0 Å². The van der Waals surface area contributed by atoms with E-state index in [0.717, 1.165) is 0 Å². The summed E-state index contributed by atoms with van der Waals surface area (Å²) in [7, 11) is -0.750. The summed E-state index contributed by atoms with van der Waals surface area (Å²) >= 11 is 0. The van der Waals surface area contributed by atoms with E-state index in [-0.39, 0.29) is 0 Å². The van der Waals surface area contributed by atoms with Crippen LogP contribution in [-0.4, -0.2) is 17.7 Å². The molecule has 3 heteroatoms. The fraction of sp³-hybridized carbons (Fsp3) is 1.00. The lowest BCUT2D eigenvalue weighted by Crippen LogP contribution is -2.34. The van der Waals surface area contributed by atoms with Crippen LogP contribution in [0.3, 0.4) is 0 Å². The maximum Gasteiger partial charge on any atom is 0.432 e. The third-order valence-electron chi connectivity index (χ3n) is 2.48. The van der Waals surface area contributed by atoms with Gasteiger partial charge in [-0.05, 0) is 37.5 Å².